The van der Waals surface area contributed by atoms with Crippen LogP contribution < -0.4 is 31.5 Å². The van der Waals surface area contributed by atoms with Gasteiger partial charge in [-0.15, -0.1) is 0 Å². The Kier molecular flexibility index (Phi) is 7.71. The van der Waals surface area contributed by atoms with Crippen LogP contribution in [0.1, 0.15) is 35.7 Å². The molecule has 2 saturated heterocycles. The lowest BCUT2D eigenvalue weighted by Crippen LogP contribution is -2.49. The summed E-state index contributed by atoms with van der Waals surface area (Å²) in [4.78, 5) is 46.6. The molecule has 17 heteroatoms. The number of ether oxygens (including phenoxy) is 4. The summed E-state index contributed by atoms with van der Waals surface area (Å²) < 4.78 is 29.6. The van der Waals surface area contributed by atoms with E-state index in [1.165, 1.54) is 0 Å². The molecule has 0 radical (unpaired) electrons. The van der Waals surface area contributed by atoms with Crippen LogP contribution in [0.5, 0.6) is 11.5 Å². The number of aromatic nitrogens is 8. The van der Waals surface area contributed by atoms with E-state index in [0.717, 1.165) is 46.7 Å². The van der Waals surface area contributed by atoms with E-state index in [1.807, 2.05) is 26.0 Å². The molecule has 2 aromatic carbocycles. The molecule has 54 heavy (non-hydrogen) atoms. The summed E-state index contributed by atoms with van der Waals surface area (Å²) >= 11 is 6.56. The molecule has 4 aromatic heterocycles. The number of fused-ring (bicyclic) bond motifs is 4. The molecule has 0 amide bonds. The fourth-order valence-corrected chi connectivity index (χ4v) is 8.11. The van der Waals surface area contributed by atoms with E-state index in [9.17, 15) is 9.59 Å². The predicted octanol–water partition coefficient (Wildman–Crippen LogP) is 4.20. The van der Waals surface area contributed by atoms with Crippen molar-refractivity contribution in [2.45, 2.75) is 51.4 Å². The molecule has 3 unspecified atom stereocenters. The second-order valence-electron chi connectivity index (χ2n) is 14.4. The lowest BCUT2D eigenvalue weighted by molar-refractivity contribution is -0.138. The molecule has 2 fully saturated rings. The molecule has 2 N–H and O–H groups in total. The van der Waals surface area contributed by atoms with Crippen LogP contribution in [0, 0.1) is 12.8 Å². The largest absolute Gasteiger partial charge is 0.493 e. The fraction of sp³-hybridized carbons (Fsp3) is 0.405. The van der Waals surface area contributed by atoms with Crippen LogP contribution in [-0.2, 0) is 35.9 Å². The third kappa shape index (κ3) is 5.26. The van der Waals surface area contributed by atoms with Gasteiger partial charge in [0.2, 0.25) is 11.9 Å². The maximum atomic E-state index is 14.1. The van der Waals surface area contributed by atoms with Crippen molar-refractivity contribution >= 4 is 57.2 Å². The fourth-order valence-electron chi connectivity index (χ4n) is 7.91. The smallest absolute Gasteiger partial charge is 0.330 e. The van der Waals surface area contributed by atoms with Gasteiger partial charge in [0.1, 0.15) is 22.5 Å². The van der Waals surface area contributed by atoms with E-state index in [0.29, 0.717) is 78.0 Å². The summed E-state index contributed by atoms with van der Waals surface area (Å²) in [5.41, 5.74) is 6.50. The van der Waals surface area contributed by atoms with Gasteiger partial charge < -0.3 is 29.6 Å². The zero-order valence-electron chi connectivity index (χ0n) is 29.8. The minimum Gasteiger partial charge on any atom is -0.493 e. The minimum absolute atomic E-state index is 0.100. The van der Waals surface area contributed by atoms with Crippen molar-refractivity contribution in [3.8, 4) is 11.5 Å². The van der Waals surface area contributed by atoms with Crippen molar-refractivity contribution in [3.63, 3.8) is 0 Å². The predicted molar refractivity (Wildman–Crippen MR) is 200 cm³/mol. The highest BCUT2D eigenvalue weighted by atomic mass is 35.5. The number of nitrogens with zero attached hydrogens (tertiary/aromatic N) is 8. The average molecular weight is 753 g/mol. The van der Waals surface area contributed by atoms with Crippen LogP contribution in [0.4, 0.5) is 23.3 Å². The van der Waals surface area contributed by atoms with Crippen molar-refractivity contribution in [2.75, 3.05) is 43.7 Å². The number of benzene rings is 2. The second kappa shape index (κ2) is 12.6. The van der Waals surface area contributed by atoms with Gasteiger partial charge in [0.25, 0.3) is 0 Å². The Morgan fingerprint density at radius 2 is 1.54 bits per heavy atom. The maximum Gasteiger partial charge on any atom is 0.330 e. The average Bonchev–Trinajstić information content (AvgIpc) is 3.88. The molecule has 0 saturated carbocycles. The zero-order valence-corrected chi connectivity index (χ0v) is 30.6. The highest BCUT2D eigenvalue weighted by molar-refractivity contribution is 6.33. The summed E-state index contributed by atoms with van der Waals surface area (Å²) in [6.45, 7) is 6.79. The molecule has 8 heterocycles. The van der Waals surface area contributed by atoms with Crippen molar-refractivity contribution in [1.29, 1.82) is 0 Å². The van der Waals surface area contributed by atoms with E-state index in [4.69, 9.17) is 40.5 Å². The van der Waals surface area contributed by atoms with Crippen LogP contribution in [0.2, 0.25) is 5.02 Å². The molecule has 0 aliphatic carbocycles. The molecule has 278 valence electrons. The van der Waals surface area contributed by atoms with Gasteiger partial charge in [-0.25, -0.2) is 19.6 Å². The van der Waals surface area contributed by atoms with Crippen molar-refractivity contribution in [3.05, 3.63) is 79.3 Å². The lowest BCUT2D eigenvalue weighted by Gasteiger charge is -2.40. The summed E-state index contributed by atoms with van der Waals surface area (Å²) in [5.74, 6) is 2.28. The van der Waals surface area contributed by atoms with Crippen molar-refractivity contribution in [1.82, 2.24) is 38.2 Å². The van der Waals surface area contributed by atoms with Crippen molar-refractivity contribution < 1.29 is 18.9 Å². The Labute approximate surface area is 312 Å². The topological polar surface area (TPSA) is 166 Å². The van der Waals surface area contributed by atoms with Gasteiger partial charge in [0.05, 0.1) is 74.8 Å². The van der Waals surface area contributed by atoms with Crippen LogP contribution in [-0.4, -0.2) is 77.3 Å². The Morgan fingerprint density at radius 1 is 0.870 bits per heavy atom. The SMILES string of the molecule is Cc1cc2c(cc1Nc1ncc3c(n1)n(C1COC1)c(=O)n3CC1OCC1C(C)n1c(=O)n(C)c3cnc(Nc4cc5c(cc4Cl)OCC5)nc31)CCO2. The number of aryl methyl sites for hydroxylation is 2. The van der Waals surface area contributed by atoms with Crippen LogP contribution >= 0.6 is 11.6 Å². The van der Waals surface area contributed by atoms with Crippen LogP contribution in [0.3, 0.4) is 0 Å². The number of halogens is 1. The summed E-state index contributed by atoms with van der Waals surface area (Å²) in [5, 5.41) is 7.08. The quantitative estimate of drug-likeness (QED) is 0.217. The number of nitrogens with one attached hydrogen (secondary N) is 2. The molecule has 0 spiro atoms. The molecule has 16 nitrogen and oxygen atoms in total. The third-order valence-electron chi connectivity index (χ3n) is 11.2. The number of hydrogen-bond donors (Lipinski definition) is 2. The van der Waals surface area contributed by atoms with Crippen LogP contribution in [0.25, 0.3) is 22.3 Å². The molecule has 6 aromatic rings. The number of hydrogen-bond acceptors (Lipinski definition) is 12. The monoisotopic (exact) mass is 752 g/mol. The Morgan fingerprint density at radius 3 is 2.22 bits per heavy atom. The van der Waals surface area contributed by atoms with Crippen LogP contribution in [0.15, 0.2) is 46.2 Å². The second-order valence-corrected chi connectivity index (χ2v) is 14.8. The molecular formula is C37H37ClN10O6. The molecule has 10 rings (SSSR count). The van der Waals surface area contributed by atoms with Gasteiger partial charge in [0.15, 0.2) is 11.3 Å². The summed E-state index contributed by atoms with van der Waals surface area (Å²) in [6.07, 6.45) is 4.60. The van der Waals surface area contributed by atoms with E-state index in [1.54, 1.807) is 43.8 Å². The molecule has 4 aliphatic heterocycles. The molecule has 0 bridgehead atoms. The van der Waals surface area contributed by atoms with E-state index < -0.39 is 0 Å². The Hall–Kier alpha value is -5.45. The van der Waals surface area contributed by atoms with Crippen molar-refractivity contribution in [2.24, 2.45) is 13.0 Å². The lowest BCUT2D eigenvalue weighted by atomic mass is 9.90. The number of imidazole rings is 2. The first-order valence-corrected chi connectivity index (χ1v) is 18.5. The van der Waals surface area contributed by atoms with Gasteiger partial charge in [-0.2, -0.15) is 9.97 Å². The Bertz CT molecular complexity index is 2630. The first kappa shape index (κ1) is 33.1. The van der Waals surface area contributed by atoms with Gasteiger partial charge in [0, 0.05) is 43.6 Å². The molecule has 3 atom stereocenters. The highest BCUT2D eigenvalue weighted by Gasteiger charge is 2.40. The number of anilines is 4. The molecular weight excluding hydrogens is 716 g/mol. The minimum atomic E-state index is -0.363. The standard InChI is InChI=1S/C37H37ClN10O6/c1-18-8-29-20(4-6-52-29)9-25(18)41-34-40-13-28-33(44-34)48(22-15-51-16-22)37(50)46(28)14-31-23(17-54-31)19(2)47-32-27(45(3)36(47)49)12-39-35(43-32)42-26-10-21-5-7-53-30(21)11-24(26)38/h8-13,19,22-23,31H,4-7,14-17H2,1-3H3,(H,39,42,43)(H,40,41,44). The van der Waals surface area contributed by atoms with Gasteiger partial charge in [-0.05, 0) is 48.7 Å². The highest BCUT2D eigenvalue weighted by Crippen LogP contribution is 2.37. The number of rotatable bonds is 9. The first-order valence-electron chi connectivity index (χ1n) is 18.1. The Balaban J connectivity index is 0.944. The first-order chi connectivity index (χ1) is 26.2. The van der Waals surface area contributed by atoms with Gasteiger partial charge >= 0.3 is 11.4 Å². The normalized spacial score (nSPS) is 19.6. The zero-order chi connectivity index (χ0) is 36.8. The van der Waals surface area contributed by atoms with E-state index in [2.05, 4.69) is 26.7 Å². The molecule has 4 aliphatic rings. The van der Waals surface area contributed by atoms with Gasteiger partial charge in [-0.1, -0.05) is 11.6 Å². The third-order valence-corrected chi connectivity index (χ3v) is 11.5. The van der Waals surface area contributed by atoms with E-state index in [-0.39, 0.29) is 42.0 Å². The summed E-state index contributed by atoms with van der Waals surface area (Å²) in [7, 11) is 1.71. The van der Waals surface area contributed by atoms with Gasteiger partial charge in [-0.3, -0.25) is 18.3 Å². The maximum absolute atomic E-state index is 14.1. The van der Waals surface area contributed by atoms with E-state index >= 15 is 0 Å². The summed E-state index contributed by atoms with van der Waals surface area (Å²) in [6, 6.07) is 7.37.